The van der Waals surface area contributed by atoms with E-state index < -0.39 is 0 Å². The van der Waals surface area contributed by atoms with E-state index >= 15 is 0 Å². The molecule has 0 unspecified atom stereocenters. The summed E-state index contributed by atoms with van der Waals surface area (Å²) in [5, 5.41) is 0. The molecule has 1 aromatic rings. The normalized spacial score (nSPS) is 20.8. The maximum absolute atomic E-state index is 12.0. The van der Waals surface area contributed by atoms with Gasteiger partial charge in [-0.3, -0.25) is 0 Å². The Balaban J connectivity index is 1.92. The van der Waals surface area contributed by atoms with Gasteiger partial charge in [0.1, 0.15) is 5.75 Å². The van der Waals surface area contributed by atoms with E-state index in [1.54, 1.807) is 13.2 Å². The molecule has 0 saturated heterocycles. The second-order valence-electron chi connectivity index (χ2n) is 5.60. The second-order valence-corrected chi connectivity index (χ2v) is 5.60. The van der Waals surface area contributed by atoms with Crippen LogP contribution in [0.5, 0.6) is 5.75 Å². The number of carbonyl (C=O) groups is 1. The fourth-order valence-corrected chi connectivity index (χ4v) is 2.89. The van der Waals surface area contributed by atoms with Crippen molar-refractivity contribution in [2.75, 3.05) is 7.11 Å². The zero-order chi connectivity index (χ0) is 14.8. The van der Waals surface area contributed by atoms with E-state index in [0.29, 0.717) is 17.5 Å². The van der Waals surface area contributed by atoms with Gasteiger partial charge in [-0.25, -0.2) is 9.79 Å². The lowest BCUT2D eigenvalue weighted by molar-refractivity contribution is -0.130. The van der Waals surface area contributed by atoms with Crippen molar-refractivity contribution in [2.24, 2.45) is 10.9 Å². The largest absolute Gasteiger partial charge is 0.496 e. The summed E-state index contributed by atoms with van der Waals surface area (Å²) in [5.74, 6) is 1.26. The van der Waals surface area contributed by atoms with Crippen LogP contribution in [0.15, 0.2) is 28.9 Å². The average Bonchev–Trinajstić information content (AvgIpc) is 3.10. The molecule has 0 atom stereocenters. The van der Waals surface area contributed by atoms with E-state index in [4.69, 9.17) is 9.47 Å². The molecular formula is C17H19NO3. The Bertz CT molecular complexity index is 625. The van der Waals surface area contributed by atoms with Crippen molar-refractivity contribution >= 4 is 17.9 Å². The number of cyclic esters (lactones) is 1. The molecule has 2 aliphatic rings. The topological polar surface area (TPSA) is 47.9 Å². The highest BCUT2D eigenvalue weighted by Crippen LogP contribution is 2.31. The summed E-state index contributed by atoms with van der Waals surface area (Å²) < 4.78 is 10.7. The van der Waals surface area contributed by atoms with Crippen LogP contribution < -0.4 is 4.74 Å². The molecule has 1 saturated carbocycles. The Kier molecular flexibility index (Phi) is 3.78. The Hall–Kier alpha value is -2.10. The summed E-state index contributed by atoms with van der Waals surface area (Å²) in [4.78, 5) is 16.4. The molecule has 110 valence electrons. The van der Waals surface area contributed by atoms with Crippen LogP contribution in [0.25, 0.3) is 6.08 Å². The number of benzene rings is 1. The number of esters is 1. The molecule has 0 spiro atoms. The van der Waals surface area contributed by atoms with Gasteiger partial charge in [0.2, 0.25) is 5.90 Å². The van der Waals surface area contributed by atoms with Gasteiger partial charge >= 0.3 is 5.97 Å². The van der Waals surface area contributed by atoms with Crippen molar-refractivity contribution in [3.8, 4) is 5.75 Å². The number of hydrogen-bond donors (Lipinski definition) is 0. The lowest BCUT2D eigenvalue weighted by Gasteiger charge is -2.05. The van der Waals surface area contributed by atoms with Gasteiger partial charge < -0.3 is 9.47 Å². The van der Waals surface area contributed by atoms with Crippen molar-refractivity contribution < 1.29 is 14.3 Å². The molecule has 1 aliphatic carbocycles. The first kappa shape index (κ1) is 13.9. The molecule has 4 heteroatoms. The maximum Gasteiger partial charge on any atom is 0.363 e. The van der Waals surface area contributed by atoms with Crippen LogP contribution >= 0.6 is 0 Å². The predicted octanol–water partition coefficient (Wildman–Crippen LogP) is 3.49. The number of aliphatic imine (C=N–C) groups is 1. The van der Waals surface area contributed by atoms with E-state index in [2.05, 4.69) is 4.99 Å². The lowest BCUT2D eigenvalue weighted by atomic mass is 10.1. The van der Waals surface area contributed by atoms with Gasteiger partial charge in [0.15, 0.2) is 5.70 Å². The van der Waals surface area contributed by atoms with Crippen LogP contribution in [0.1, 0.15) is 36.8 Å². The fraction of sp³-hybridized carbons (Fsp3) is 0.412. The van der Waals surface area contributed by atoms with Crippen molar-refractivity contribution in [3.05, 3.63) is 35.0 Å². The van der Waals surface area contributed by atoms with Crippen LogP contribution in [0.4, 0.5) is 0 Å². The van der Waals surface area contributed by atoms with Crippen LogP contribution in [-0.2, 0) is 9.53 Å². The molecular weight excluding hydrogens is 266 g/mol. The van der Waals surface area contributed by atoms with Gasteiger partial charge in [0.05, 0.1) is 7.11 Å². The summed E-state index contributed by atoms with van der Waals surface area (Å²) >= 11 is 0. The highest BCUT2D eigenvalue weighted by Gasteiger charge is 2.31. The highest BCUT2D eigenvalue weighted by atomic mass is 16.6. The van der Waals surface area contributed by atoms with Gasteiger partial charge in [-0.2, -0.15) is 0 Å². The number of carbonyl (C=O) groups excluding carboxylic acids is 1. The summed E-state index contributed by atoms with van der Waals surface area (Å²) in [6, 6.07) is 5.84. The Morgan fingerprint density at radius 2 is 2.10 bits per heavy atom. The molecule has 1 aliphatic heterocycles. The average molecular weight is 285 g/mol. The third-order valence-corrected chi connectivity index (χ3v) is 4.02. The van der Waals surface area contributed by atoms with Gasteiger partial charge in [0.25, 0.3) is 0 Å². The molecule has 0 N–H and O–H groups in total. The quantitative estimate of drug-likeness (QED) is 0.631. The lowest BCUT2D eigenvalue weighted by Crippen LogP contribution is -2.12. The van der Waals surface area contributed by atoms with Crippen molar-refractivity contribution in [3.63, 3.8) is 0 Å². The molecule has 4 nitrogen and oxygen atoms in total. The van der Waals surface area contributed by atoms with E-state index in [-0.39, 0.29) is 5.97 Å². The molecule has 21 heavy (non-hydrogen) atoms. The van der Waals surface area contributed by atoms with Crippen LogP contribution in [0.2, 0.25) is 0 Å². The van der Waals surface area contributed by atoms with E-state index in [0.717, 1.165) is 29.7 Å². The number of rotatable bonds is 3. The molecule has 1 heterocycles. The van der Waals surface area contributed by atoms with Crippen LogP contribution in [-0.4, -0.2) is 19.0 Å². The number of ether oxygens (including phenoxy) is 2. The van der Waals surface area contributed by atoms with Gasteiger partial charge in [-0.05, 0) is 38.0 Å². The van der Waals surface area contributed by atoms with E-state index in [1.807, 2.05) is 25.1 Å². The van der Waals surface area contributed by atoms with Crippen LogP contribution in [0, 0.1) is 12.8 Å². The number of methoxy groups -OCH3 is 1. The molecule has 0 bridgehead atoms. The fourth-order valence-electron chi connectivity index (χ4n) is 2.89. The minimum Gasteiger partial charge on any atom is -0.496 e. The molecule has 3 rings (SSSR count). The Morgan fingerprint density at radius 1 is 1.33 bits per heavy atom. The predicted molar refractivity (Wildman–Crippen MR) is 81.2 cm³/mol. The smallest absolute Gasteiger partial charge is 0.363 e. The third-order valence-electron chi connectivity index (χ3n) is 4.02. The van der Waals surface area contributed by atoms with Gasteiger partial charge in [0, 0.05) is 11.5 Å². The number of hydrogen-bond acceptors (Lipinski definition) is 4. The van der Waals surface area contributed by atoms with Crippen molar-refractivity contribution in [1.82, 2.24) is 0 Å². The summed E-state index contributed by atoms with van der Waals surface area (Å²) in [6.45, 7) is 2.00. The van der Waals surface area contributed by atoms with Crippen molar-refractivity contribution in [2.45, 2.75) is 32.6 Å². The third kappa shape index (κ3) is 2.84. The maximum atomic E-state index is 12.0. The van der Waals surface area contributed by atoms with E-state index in [1.165, 1.54) is 12.8 Å². The van der Waals surface area contributed by atoms with Crippen molar-refractivity contribution in [1.29, 1.82) is 0 Å². The van der Waals surface area contributed by atoms with Gasteiger partial charge in [-0.1, -0.05) is 24.5 Å². The Labute approximate surface area is 124 Å². The molecule has 0 amide bonds. The summed E-state index contributed by atoms with van der Waals surface area (Å²) in [5.41, 5.74) is 2.32. The zero-order valence-electron chi connectivity index (χ0n) is 12.4. The molecule has 0 aromatic heterocycles. The van der Waals surface area contributed by atoms with E-state index in [9.17, 15) is 4.79 Å². The first-order valence-corrected chi connectivity index (χ1v) is 7.34. The zero-order valence-corrected chi connectivity index (χ0v) is 12.4. The minimum atomic E-state index is -0.361. The van der Waals surface area contributed by atoms with Gasteiger partial charge in [-0.15, -0.1) is 0 Å². The monoisotopic (exact) mass is 285 g/mol. The first-order valence-electron chi connectivity index (χ1n) is 7.34. The van der Waals surface area contributed by atoms with Crippen LogP contribution in [0.3, 0.4) is 0 Å². The highest BCUT2D eigenvalue weighted by molar-refractivity contribution is 6.08. The SMILES string of the molecule is COc1ccc(C)cc1/C=C1/N=C(C2CCCC2)OC1=O. The standard InChI is InChI=1S/C17H19NO3/c1-11-7-8-15(20-2)13(9-11)10-14-17(19)21-16(18-14)12-5-3-4-6-12/h7-10,12H,3-6H2,1-2H3/b14-10+. The Morgan fingerprint density at radius 3 is 2.81 bits per heavy atom. The number of aryl methyl sites for hydroxylation is 1. The first-order chi connectivity index (χ1) is 10.2. The molecule has 1 fully saturated rings. The molecule has 1 aromatic carbocycles. The minimum absolute atomic E-state index is 0.305. The second kappa shape index (κ2) is 5.72. The summed E-state index contributed by atoms with van der Waals surface area (Å²) in [6.07, 6.45) is 6.24. The number of nitrogens with zero attached hydrogens (tertiary/aromatic N) is 1. The molecule has 0 radical (unpaired) electrons. The summed E-state index contributed by atoms with van der Waals surface area (Å²) in [7, 11) is 1.62.